The number of carbonyl (C=O) groups excluding carboxylic acids is 2. The fourth-order valence-corrected chi connectivity index (χ4v) is 3.02. The van der Waals surface area contributed by atoms with Gasteiger partial charge >= 0.3 is 0 Å². The Hall–Kier alpha value is -2.53. The summed E-state index contributed by atoms with van der Waals surface area (Å²) in [6, 6.07) is 14.2. The number of carbonyl (C=O) groups is 2. The molecule has 0 aliphatic carbocycles. The molecule has 0 spiro atoms. The Balaban J connectivity index is 2.14. The molecule has 5 nitrogen and oxygen atoms in total. The van der Waals surface area contributed by atoms with Crippen molar-refractivity contribution in [3.63, 3.8) is 0 Å². The van der Waals surface area contributed by atoms with Crippen LogP contribution in [-0.4, -0.2) is 34.9 Å². The van der Waals surface area contributed by atoms with Crippen molar-refractivity contribution in [2.75, 3.05) is 6.61 Å². The van der Waals surface area contributed by atoms with Gasteiger partial charge in [0.05, 0.1) is 0 Å². The van der Waals surface area contributed by atoms with E-state index in [0.29, 0.717) is 10.8 Å². The molecule has 0 heterocycles. The van der Waals surface area contributed by atoms with E-state index in [-0.39, 0.29) is 25.0 Å². The second-order valence-electron chi connectivity index (χ2n) is 8.35. The molecule has 1 unspecified atom stereocenters. The van der Waals surface area contributed by atoms with E-state index in [0.717, 1.165) is 12.0 Å². The van der Waals surface area contributed by atoms with Crippen molar-refractivity contribution in [3.8, 4) is 5.75 Å². The van der Waals surface area contributed by atoms with Gasteiger partial charge in [0.15, 0.2) is 6.61 Å². The molecule has 2 amide bonds. The van der Waals surface area contributed by atoms with Crippen LogP contribution in [0.2, 0.25) is 5.02 Å². The summed E-state index contributed by atoms with van der Waals surface area (Å²) in [5, 5.41) is 3.56. The van der Waals surface area contributed by atoms with Crippen LogP contribution in [0.15, 0.2) is 48.5 Å². The van der Waals surface area contributed by atoms with Crippen molar-refractivity contribution < 1.29 is 14.3 Å². The predicted molar refractivity (Wildman–Crippen MR) is 121 cm³/mol. The normalized spacial score (nSPS) is 12.2. The quantitative estimate of drug-likeness (QED) is 0.665. The van der Waals surface area contributed by atoms with Crippen LogP contribution in [0.1, 0.15) is 45.7 Å². The summed E-state index contributed by atoms with van der Waals surface area (Å²) in [5.74, 6) is 0.150. The maximum absolute atomic E-state index is 13.0. The maximum atomic E-state index is 13.0. The fourth-order valence-electron chi connectivity index (χ4n) is 2.89. The minimum absolute atomic E-state index is 0.147. The number of amides is 2. The van der Waals surface area contributed by atoms with Gasteiger partial charge in [0, 0.05) is 17.1 Å². The van der Waals surface area contributed by atoms with Crippen LogP contribution in [0.25, 0.3) is 0 Å². The standard InChI is InChI=1S/C24H31ClN2O3/c1-6-18-9-13-21(14-10-18)30-16-22(28)27(15-19-7-11-20(25)12-8-19)17(2)23(29)26-24(3,4)5/h7-14,17H,6,15-16H2,1-5H3,(H,26,29). The van der Waals surface area contributed by atoms with E-state index in [2.05, 4.69) is 12.2 Å². The number of rotatable bonds is 8. The van der Waals surface area contributed by atoms with E-state index >= 15 is 0 Å². The van der Waals surface area contributed by atoms with Crippen molar-refractivity contribution in [1.29, 1.82) is 0 Å². The summed E-state index contributed by atoms with van der Waals surface area (Å²) in [6.45, 7) is 9.67. The topological polar surface area (TPSA) is 58.6 Å². The Morgan fingerprint density at radius 3 is 2.13 bits per heavy atom. The zero-order chi connectivity index (χ0) is 22.3. The highest BCUT2D eigenvalue weighted by molar-refractivity contribution is 6.30. The number of halogens is 1. The molecule has 1 N–H and O–H groups in total. The fraction of sp³-hybridized carbons (Fsp3) is 0.417. The van der Waals surface area contributed by atoms with Gasteiger partial charge in [0.25, 0.3) is 5.91 Å². The number of aryl methyl sites for hydroxylation is 1. The summed E-state index contributed by atoms with van der Waals surface area (Å²) in [5.41, 5.74) is 1.69. The van der Waals surface area contributed by atoms with Gasteiger partial charge in [-0.05, 0) is 69.5 Å². The molecule has 2 rings (SSSR count). The smallest absolute Gasteiger partial charge is 0.261 e. The lowest BCUT2D eigenvalue weighted by atomic mass is 10.1. The minimum atomic E-state index is -0.654. The first-order chi connectivity index (χ1) is 14.1. The molecule has 162 valence electrons. The van der Waals surface area contributed by atoms with Gasteiger partial charge < -0.3 is 15.0 Å². The highest BCUT2D eigenvalue weighted by Gasteiger charge is 2.28. The van der Waals surface area contributed by atoms with E-state index in [1.807, 2.05) is 57.2 Å². The van der Waals surface area contributed by atoms with Gasteiger partial charge in [0.1, 0.15) is 11.8 Å². The average Bonchev–Trinajstić information content (AvgIpc) is 2.70. The van der Waals surface area contributed by atoms with Crippen LogP contribution < -0.4 is 10.1 Å². The van der Waals surface area contributed by atoms with Crippen molar-refractivity contribution in [2.45, 2.75) is 59.2 Å². The van der Waals surface area contributed by atoms with Gasteiger partial charge in [-0.25, -0.2) is 0 Å². The molecule has 2 aromatic rings. The molecule has 0 bridgehead atoms. The van der Waals surface area contributed by atoms with Gasteiger partial charge in [0.2, 0.25) is 5.91 Å². The summed E-state index contributed by atoms with van der Waals surface area (Å²) < 4.78 is 5.69. The van der Waals surface area contributed by atoms with E-state index in [9.17, 15) is 9.59 Å². The van der Waals surface area contributed by atoms with Crippen molar-refractivity contribution >= 4 is 23.4 Å². The molecule has 0 aliphatic rings. The molecule has 1 atom stereocenters. The lowest BCUT2D eigenvalue weighted by molar-refractivity contribution is -0.142. The number of nitrogens with one attached hydrogen (secondary N) is 1. The van der Waals surface area contributed by atoms with E-state index in [1.165, 1.54) is 10.5 Å². The number of benzene rings is 2. The molecular formula is C24H31ClN2O3. The van der Waals surface area contributed by atoms with Crippen LogP contribution in [-0.2, 0) is 22.6 Å². The molecule has 0 fully saturated rings. The molecule has 2 aromatic carbocycles. The highest BCUT2D eigenvalue weighted by atomic mass is 35.5. The van der Waals surface area contributed by atoms with Crippen LogP contribution in [0.5, 0.6) is 5.75 Å². The molecule has 6 heteroatoms. The van der Waals surface area contributed by atoms with Crippen LogP contribution >= 0.6 is 11.6 Å². The van der Waals surface area contributed by atoms with E-state index in [1.54, 1.807) is 19.1 Å². The highest BCUT2D eigenvalue weighted by Crippen LogP contribution is 2.16. The SMILES string of the molecule is CCc1ccc(OCC(=O)N(Cc2ccc(Cl)cc2)C(C)C(=O)NC(C)(C)C)cc1. The van der Waals surface area contributed by atoms with Gasteiger partial charge in [-0.3, -0.25) is 9.59 Å². The third kappa shape index (κ3) is 7.38. The first-order valence-corrected chi connectivity index (χ1v) is 10.5. The van der Waals surface area contributed by atoms with Crippen molar-refractivity contribution in [3.05, 3.63) is 64.7 Å². The third-order valence-electron chi connectivity index (χ3n) is 4.63. The van der Waals surface area contributed by atoms with Crippen molar-refractivity contribution in [1.82, 2.24) is 10.2 Å². The zero-order valence-corrected chi connectivity index (χ0v) is 19.1. The average molecular weight is 431 g/mol. The van der Waals surface area contributed by atoms with E-state index in [4.69, 9.17) is 16.3 Å². The summed E-state index contributed by atoms with van der Waals surface area (Å²) >= 11 is 5.97. The summed E-state index contributed by atoms with van der Waals surface area (Å²) in [4.78, 5) is 27.3. The second-order valence-corrected chi connectivity index (χ2v) is 8.79. The number of ether oxygens (including phenoxy) is 1. The van der Waals surface area contributed by atoms with E-state index < -0.39 is 11.6 Å². The Kier molecular flexibility index (Phi) is 8.30. The second kappa shape index (κ2) is 10.5. The first-order valence-electron chi connectivity index (χ1n) is 10.2. The monoisotopic (exact) mass is 430 g/mol. The third-order valence-corrected chi connectivity index (χ3v) is 4.88. The van der Waals surface area contributed by atoms with Crippen LogP contribution in [0.3, 0.4) is 0 Å². The largest absolute Gasteiger partial charge is 0.484 e. The summed E-state index contributed by atoms with van der Waals surface area (Å²) in [7, 11) is 0. The maximum Gasteiger partial charge on any atom is 0.261 e. The predicted octanol–water partition coefficient (Wildman–Crippen LogP) is 4.61. The molecule has 0 saturated heterocycles. The number of nitrogens with zero attached hydrogens (tertiary/aromatic N) is 1. The Bertz CT molecular complexity index is 842. The number of hydrogen-bond donors (Lipinski definition) is 1. The van der Waals surface area contributed by atoms with Crippen LogP contribution in [0.4, 0.5) is 0 Å². The minimum Gasteiger partial charge on any atom is -0.484 e. The van der Waals surface area contributed by atoms with Crippen molar-refractivity contribution in [2.24, 2.45) is 0 Å². The molecular weight excluding hydrogens is 400 g/mol. The van der Waals surface area contributed by atoms with Gasteiger partial charge in [-0.2, -0.15) is 0 Å². The number of hydrogen-bond acceptors (Lipinski definition) is 3. The Morgan fingerprint density at radius 1 is 1.03 bits per heavy atom. The molecule has 0 aromatic heterocycles. The lowest BCUT2D eigenvalue weighted by Crippen LogP contribution is -2.53. The van der Waals surface area contributed by atoms with Gasteiger partial charge in [-0.1, -0.05) is 42.8 Å². The Labute approximate surface area is 184 Å². The first kappa shape index (κ1) is 23.7. The molecule has 0 saturated carbocycles. The Morgan fingerprint density at radius 2 is 1.60 bits per heavy atom. The summed E-state index contributed by atoms with van der Waals surface area (Å²) in [6.07, 6.45) is 0.939. The molecule has 0 radical (unpaired) electrons. The lowest BCUT2D eigenvalue weighted by Gasteiger charge is -2.31. The van der Waals surface area contributed by atoms with Gasteiger partial charge in [-0.15, -0.1) is 0 Å². The molecule has 0 aliphatic heterocycles. The molecule has 30 heavy (non-hydrogen) atoms. The zero-order valence-electron chi connectivity index (χ0n) is 18.4. The van der Waals surface area contributed by atoms with Crippen LogP contribution in [0, 0.1) is 0 Å².